The lowest BCUT2D eigenvalue weighted by Crippen LogP contribution is -2.33. The molecule has 0 radical (unpaired) electrons. The van der Waals surface area contributed by atoms with E-state index in [0.717, 1.165) is 5.92 Å². The molecule has 3 heteroatoms. The number of nitrogens with two attached hydrogens (primary N) is 1. The summed E-state index contributed by atoms with van der Waals surface area (Å²) in [4.78, 5) is 4.60. The molecule has 2 N–H and O–H groups in total. The number of nitrogens with zero attached hydrogens (tertiary/aromatic N) is 2. The van der Waals surface area contributed by atoms with E-state index < -0.39 is 0 Å². The van der Waals surface area contributed by atoms with Crippen LogP contribution in [0.5, 0.6) is 0 Å². The van der Waals surface area contributed by atoms with Crippen LogP contribution in [-0.4, -0.2) is 15.6 Å². The van der Waals surface area contributed by atoms with Crippen LogP contribution >= 0.6 is 0 Å². The average molecular weight is 205 g/mol. The zero-order chi connectivity index (χ0) is 10.4. The highest BCUT2D eigenvalue weighted by Crippen LogP contribution is 2.42. The van der Waals surface area contributed by atoms with Crippen LogP contribution < -0.4 is 5.73 Å². The van der Waals surface area contributed by atoms with E-state index in [2.05, 4.69) is 22.7 Å². The highest BCUT2D eigenvalue weighted by molar-refractivity contribution is 5.17. The number of rotatable bonds is 2. The Labute approximate surface area is 90.7 Å². The SMILES string of the molecule is CC(N)C1CCCc2cnc(C3CC3)n21. The fourth-order valence-corrected chi connectivity index (χ4v) is 2.74. The lowest BCUT2D eigenvalue weighted by atomic mass is 9.98. The molecule has 0 amide bonds. The lowest BCUT2D eigenvalue weighted by Gasteiger charge is -2.30. The van der Waals surface area contributed by atoms with Gasteiger partial charge < -0.3 is 10.3 Å². The molecule has 2 atom stereocenters. The normalized spacial score (nSPS) is 27.5. The first-order chi connectivity index (χ1) is 7.27. The Bertz CT molecular complexity index is 363. The summed E-state index contributed by atoms with van der Waals surface area (Å²) in [6.45, 7) is 2.12. The van der Waals surface area contributed by atoms with E-state index in [0.29, 0.717) is 6.04 Å². The molecule has 1 aromatic rings. The zero-order valence-electron chi connectivity index (χ0n) is 9.32. The van der Waals surface area contributed by atoms with Gasteiger partial charge in [-0.05, 0) is 39.0 Å². The Morgan fingerprint density at radius 2 is 2.27 bits per heavy atom. The number of hydrogen-bond acceptors (Lipinski definition) is 2. The molecule has 0 spiro atoms. The van der Waals surface area contributed by atoms with Crippen molar-refractivity contribution in [2.45, 2.75) is 57.0 Å². The van der Waals surface area contributed by atoms with Gasteiger partial charge in [0.1, 0.15) is 5.82 Å². The predicted octanol–water partition coefficient (Wildman–Crippen LogP) is 1.99. The highest BCUT2D eigenvalue weighted by Gasteiger charge is 2.33. The molecule has 3 nitrogen and oxygen atoms in total. The molecule has 2 unspecified atom stereocenters. The smallest absolute Gasteiger partial charge is 0.112 e. The summed E-state index contributed by atoms with van der Waals surface area (Å²) in [5.74, 6) is 2.05. The quantitative estimate of drug-likeness (QED) is 0.802. The Kier molecular flexibility index (Phi) is 2.09. The lowest BCUT2D eigenvalue weighted by molar-refractivity contribution is 0.344. The van der Waals surface area contributed by atoms with E-state index in [-0.39, 0.29) is 6.04 Å². The molecule has 0 saturated heterocycles. The first-order valence-corrected chi connectivity index (χ1v) is 6.09. The molecule has 3 rings (SSSR count). The third-order valence-electron chi connectivity index (χ3n) is 3.72. The first-order valence-electron chi connectivity index (χ1n) is 6.09. The molecule has 2 aliphatic rings. The monoisotopic (exact) mass is 205 g/mol. The third-order valence-corrected chi connectivity index (χ3v) is 3.72. The molecule has 0 aromatic carbocycles. The van der Waals surface area contributed by atoms with Crippen molar-refractivity contribution in [1.29, 1.82) is 0 Å². The number of aromatic nitrogens is 2. The van der Waals surface area contributed by atoms with Crippen LogP contribution in [0, 0.1) is 0 Å². The highest BCUT2D eigenvalue weighted by atomic mass is 15.1. The van der Waals surface area contributed by atoms with Crippen LogP contribution in [0.15, 0.2) is 6.20 Å². The summed E-state index contributed by atoms with van der Waals surface area (Å²) in [6.07, 6.45) is 8.39. The minimum absolute atomic E-state index is 0.246. The number of imidazole rings is 1. The second-order valence-corrected chi connectivity index (χ2v) is 5.07. The van der Waals surface area contributed by atoms with Gasteiger partial charge >= 0.3 is 0 Å². The Morgan fingerprint density at radius 3 is 2.93 bits per heavy atom. The molecule has 82 valence electrons. The van der Waals surface area contributed by atoms with Crippen molar-refractivity contribution in [1.82, 2.24) is 9.55 Å². The van der Waals surface area contributed by atoms with E-state index in [1.807, 2.05) is 0 Å². The maximum atomic E-state index is 6.08. The molecular formula is C12H19N3. The van der Waals surface area contributed by atoms with Gasteiger partial charge in [0.25, 0.3) is 0 Å². The summed E-state index contributed by atoms with van der Waals surface area (Å²) in [5, 5.41) is 0. The van der Waals surface area contributed by atoms with Gasteiger partial charge in [-0.15, -0.1) is 0 Å². The van der Waals surface area contributed by atoms with Crippen LogP contribution in [0.1, 0.15) is 56.1 Å². The van der Waals surface area contributed by atoms with E-state index in [4.69, 9.17) is 5.73 Å². The van der Waals surface area contributed by atoms with Gasteiger partial charge in [-0.2, -0.15) is 0 Å². The van der Waals surface area contributed by atoms with Gasteiger partial charge in [0.15, 0.2) is 0 Å². The first kappa shape index (κ1) is 9.40. The third kappa shape index (κ3) is 1.49. The van der Waals surface area contributed by atoms with E-state index >= 15 is 0 Å². The van der Waals surface area contributed by atoms with Crippen molar-refractivity contribution in [3.8, 4) is 0 Å². The minimum atomic E-state index is 0.246. The predicted molar refractivity (Wildman–Crippen MR) is 59.8 cm³/mol. The second-order valence-electron chi connectivity index (χ2n) is 5.07. The Hall–Kier alpha value is -0.830. The fraction of sp³-hybridized carbons (Fsp3) is 0.750. The molecule has 1 fully saturated rings. The van der Waals surface area contributed by atoms with Crippen molar-refractivity contribution in [2.24, 2.45) is 5.73 Å². The van der Waals surface area contributed by atoms with Crippen molar-refractivity contribution in [3.05, 3.63) is 17.7 Å². The van der Waals surface area contributed by atoms with Crippen molar-refractivity contribution >= 4 is 0 Å². The Balaban J connectivity index is 2.02. The summed E-state index contributed by atoms with van der Waals surface area (Å²) < 4.78 is 2.45. The number of fused-ring (bicyclic) bond motifs is 1. The van der Waals surface area contributed by atoms with Crippen LogP contribution in [0.25, 0.3) is 0 Å². The van der Waals surface area contributed by atoms with Gasteiger partial charge in [0, 0.05) is 29.9 Å². The van der Waals surface area contributed by atoms with Gasteiger partial charge in [0.05, 0.1) is 0 Å². The van der Waals surface area contributed by atoms with E-state index in [1.165, 1.54) is 43.6 Å². The largest absolute Gasteiger partial charge is 0.327 e. The van der Waals surface area contributed by atoms with Gasteiger partial charge in [-0.3, -0.25) is 0 Å². The van der Waals surface area contributed by atoms with Crippen molar-refractivity contribution < 1.29 is 0 Å². The van der Waals surface area contributed by atoms with Crippen LogP contribution in [0.4, 0.5) is 0 Å². The van der Waals surface area contributed by atoms with Crippen molar-refractivity contribution in [3.63, 3.8) is 0 Å². The van der Waals surface area contributed by atoms with E-state index in [1.54, 1.807) is 0 Å². The molecular weight excluding hydrogens is 186 g/mol. The topological polar surface area (TPSA) is 43.8 Å². The summed E-state index contributed by atoms with van der Waals surface area (Å²) in [5.41, 5.74) is 7.49. The minimum Gasteiger partial charge on any atom is -0.327 e. The fourth-order valence-electron chi connectivity index (χ4n) is 2.74. The van der Waals surface area contributed by atoms with Crippen LogP contribution in [0.2, 0.25) is 0 Å². The zero-order valence-corrected chi connectivity index (χ0v) is 9.32. The standard InChI is InChI=1S/C12H19N3/c1-8(13)11-4-2-3-10-7-14-12(15(10)11)9-5-6-9/h7-9,11H,2-6,13H2,1H3. The summed E-state index contributed by atoms with van der Waals surface area (Å²) >= 11 is 0. The van der Waals surface area contributed by atoms with Crippen LogP contribution in [-0.2, 0) is 6.42 Å². The molecule has 2 heterocycles. The molecule has 1 aliphatic carbocycles. The average Bonchev–Trinajstić information content (AvgIpc) is 2.97. The van der Waals surface area contributed by atoms with Crippen LogP contribution in [0.3, 0.4) is 0 Å². The summed E-state index contributed by atoms with van der Waals surface area (Å²) in [6, 6.07) is 0.739. The molecule has 1 saturated carbocycles. The van der Waals surface area contributed by atoms with Gasteiger partial charge in [-0.1, -0.05) is 0 Å². The maximum absolute atomic E-state index is 6.08. The Morgan fingerprint density at radius 1 is 1.47 bits per heavy atom. The van der Waals surface area contributed by atoms with Crippen molar-refractivity contribution in [2.75, 3.05) is 0 Å². The number of hydrogen-bond donors (Lipinski definition) is 1. The van der Waals surface area contributed by atoms with Gasteiger partial charge in [0.2, 0.25) is 0 Å². The van der Waals surface area contributed by atoms with Gasteiger partial charge in [-0.25, -0.2) is 4.98 Å². The summed E-state index contributed by atoms with van der Waals surface area (Å²) in [7, 11) is 0. The second kappa shape index (κ2) is 3.34. The molecule has 15 heavy (non-hydrogen) atoms. The molecule has 0 bridgehead atoms. The molecule has 1 aromatic heterocycles. The van der Waals surface area contributed by atoms with E-state index in [9.17, 15) is 0 Å². The number of aryl methyl sites for hydroxylation is 1. The maximum Gasteiger partial charge on any atom is 0.112 e. The molecule has 1 aliphatic heterocycles.